The molecule has 0 aromatic heterocycles. The van der Waals surface area contributed by atoms with Gasteiger partial charge in [0.05, 0.1) is 0 Å². The second kappa shape index (κ2) is 6.48. The van der Waals surface area contributed by atoms with Crippen LogP contribution in [-0.4, -0.2) is 28.7 Å². The molecule has 3 aromatic carbocycles. The summed E-state index contributed by atoms with van der Waals surface area (Å²) in [5.74, 6) is 0. The Morgan fingerprint density at radius 1 is 0.826 bits per heavy atom. The second-order valence-corrected chi connectivity index (χ2v) is 10.1. The molecule has 6 heteroatoms. The number of hydrogen-bond acceptors (Lipinski definition) is 3. The maximum absolute atomic E-state index is 12.5. The van der Waals surface area contributed by atoms with Crippen LogP contribution in [0.2, 0.25) is 0 Å². The molecule has 0 N–H and O–H groups in total. The van der Waals surface area contributed by atoms with Gasteiger partial charge in [-0.1, -0.05) is 0 Å². The van der Waals surface area contributed by atoms with E-state index >= 15 is 0 Å². The molecule has 0 saturated heterocycles. The molecular formula is C17H12AsClO3S. The molecule has 0 fully saturated rings. The molecule has 0 heterocycles. The van der Waals surface area contributed by atoms with Crippen LogP contribution in [0.4, 0.5) is 0 Å². The fourth-order valence-electron chi connectivity index (χ4n) is 2.38. The molecule has 0 aliphatic heterocycles. The van der Waals surface area contributed by atoms with E-state index in [2.05, 4.69) is 0 Å². The molecule has 0 radical (unpaired) electrons. The third kappa shape index (κ3) is 3.50. The minimum absolute atomic E-state index is 0.0808. The van der Waals surface area contributed by atoms with Crippen LogP contribution in [0.5, 0.6) is 0 Å². The molecule has 1 unspecified atom stereocenters. The summed E-state index contributed by atoms with van der Waals surface area (Å²) < 4.78 is 24.4. The first kappa shape index (κ1) is 16.3. The van der Waals surface area contributed by atoms with E-state index in [0.717, 1.165) is 9.74 Å². The van der Waals surface area contributed by atoms with Gasteiger partial charge in [0.2, 0.25) is 0 Å². The summed E-state index contributed by atoms with van der Waals surface area (Å²) in [6, 6.07) is 19.5. The van der Waals surface area contributed by atoms with E-state index in [9.17, 15) is 13.2 Å². The SMILES string of the molecule is O=C([AsH]c1ccc(S(=O)(=O)Cl)c2ccccc12)c1ccccc1. The van der Waals surface area contributed by atoms with Crippen molar-refractivity contribution in [1.29, 1.82) is 0 Å². The molecule has 23 heavy (non-hydrogen) atoms. The van der Waals surface area contributed by atoms with Gasteiger partial charge >= 0.3 is 146 Å². The third-order valence-electron chi connectivity index (χ3n) is 3.43. The van der Waals surface area contributed by atoms with Gasteiger partial charge in [0.1, 0.15) is 0 Å². The van der Waals surface area contributed by atoms with Gasteiger partial charge in [-0.25, -0.2) is 0 Å². The van der Waals surface area contributed by atoms with Gasteiger partial charge in [-0.05, 0) is 0 Å². The number of carbonyl (C=O) groups is 1. The van der Waals surface area contributed by atoms with E-state index in [1.54, 1.807) is 30.3 Å². The fraction of sp³-hybridized carbons (Fsp3) is 0. The number of fused-ring (bicyclic) bond motifs is 1. The summed E-state index contributed by atoms with van der Waals surface area (Å²) in [6.45, 7) is 0. The van der Waals surface area contributed by atoms with E-state index in [1.807, 2.05) is 30.3 Å². The van der Waals surface area contributed by atoms with Gasteiger partial charge in [0.15, 0.2) is 0 Å². The van der Waals surface area contributed by atoms with Gasteiger partial charge in [-0.15, -0.1) is 0 Å². The average Bonchev–Trinajstić information content (AvgIpc) is 2.55. The summed E-state index contributed by atoms with van der Waals surface area (Å²) in [4.78, 5) is 12.5. The molecule has 0 aliphatic rings. The first-order valence-electron chi connectivity index (χ1n) is 6.79. The van der Waals surface area contributed by atoms with Gasteiger partial charge < -0.3 is 0 Å². The first-order valence-corrected chi connectivity index (χ1v) is 11.2. The van der Waals surface area contributed by atoms with Crippen molar-refractivity contribution in [1.82, 2.24) is 0 Å². The van der Waals surface area contributed by atoms with Crippen molar-refractivity contribution in [2.75, 3.05) is 0 Å². The van der Waals surface area contributed by atoms with Crippen molar-refractivity contribution in [2.24, 2.45) is 0 Å². The molecule has 3 aromatic rings. The molecule has 116 valence electrons. The van der Waals surface area contributed by atoms with Crippen molar-refractivity contribution in [3.63, 3.8) is 0 Å². The van der Waals surface area contributed by atoms with Crippen LogP contribution in [0.25, 0.3) is 10.8 Å². The Bertz CT molecular complexity index is 985. The van der Waals surface area contributed by atoms with Gasteiger partial charge in [0, 0.05) is 0 Å². The molecule has 0 amide bonds. The zero-order chi connectivity index (χ0) is 16.4. The van der Waals surface area contributed by atoms with Crippen LogP contribution < -0.4 is 4.35 Å². The molecule has 3 nitrogen and oxygen atoms in total. The van der Waals surface area contributed by atoms with Gasteiger partial charge in [0.25, 0.3) is 0 Å². The third-order valence-corrected chi connectivity index (χ3v) is 7.37. The van der Waals surface area contributed by atoms with E-state index in [-0.39, 0.29) is 9.47 Å². The predicted octanol–water partition coefficient (Wildman–Crippen LogP) is 2.67. The Balaban J connectivity index is 2.08. The second-order valence-electron chi connectivity index (χ2n) is 4.91. The summed E-state index contributed by atoms with van der Waals surface area (Å²) in [5, 5.41) is 1.34. The van der Waals surface area contributed by atoms with E-state index in [4.69, 9.17) is 10.7 Å². The topological polar surface area (TPSA) is 51.2 Å². The summed E-state index contributed by atoms with van der Waals surface area (Å²) in [5.41, 5.74) is 0.686. The normalized spacial score (nSPS) is 12.0. The molecule has 1 atom stereocenters. The van der Waals surface area contributed by atoms with E-state index in [0.29, 0.717) is 10.9 Å². The van der Waals surface area contributed by atoms with Crippen molar-refractivity contribution in [3.8, 4) is 0 Å². The molecule has 0 saturated carbocycles. The number of hydrogen-bond donors (Lipinski definition) is 0. The summed E-state index contributed by atoms with van der Waals surface area (Å²) in [7, 11) is 1.68. The zero-order valence-corrected chi connectivity index (χ0v) is 15.5. The maximum atomic E-state index is 12.5. The van der Waals surface area contributed by atoms with Crippen molar-refractivity contribution >= 4 is 55.2 Å². The Morgan fingerprint density at radius 2 is 1.43 bits per heavy atom. The van der Waals surface area contributed by atoms with Gasteiger partial charge in [-0.2, -0.15) is 0 Å². The Morgan fingerprint density at radius 3 is 2.09 bits per heavy atom. The Kier molecular flexibility index (Phi) is 4.58. The number of carbonyl (C=O) groups excluding carboxylic acids is 1. The summed E-state index contributed by atoms with van der Waals surface area (Å²) in [6.07, 6.45) is 0. The molecule has 0 bridgehead atoms. The Hall–Kier alpha value is -1.61. The molecule has 0 spiro atoms. The quantitative estimate of drug-likeness (QED) is 0.494. The van der Waals surface area contributed by atoms with Crippen molar-refractivity contribution < 1.29 is 13.2 Å². The molecule has 3 rings (SSSR count). The summed E-state index contributed by atoms with van der Waals surface area (Å²) >= 11 is -1.10. The molecule has 0 aliphatic carbocycles. The Labute approximate surface area is 145 Å². The van der Waals surface area contributed by atoms with E-state index < -0.39 is 24.8 Å². The van der Waals surface area contributed by atoms with Crippen LogP contribution in [0.1, 0.15) is 10.4 Å². The van der Waals surface area contributed by atoms with Crippen LogP contribution in [0.15, 0.2) is 71.6 Å². The number of halogens is 1. The van der Waals surface area contributed by atoms with Crippen LogP contribution in [-0.2, 0) is 9.05 Å². The van der Waals surface area contributed by atoms with Crippen LogP contribution >= 0.6 is 10.7 Å². The average molecular weight is 407 g/mol. The standard InChI is InChI=1S/C17H12AsClO3S/c19-23(21,22)16-11-10-15(13-8-4-5-9-14(13)16)18-17(20)12-6-2-1-3-7-12/h1-11,18H. The predicted molar refractivity (Wildman–Crippen MR) is 94.5 cm³/mol. The van der Waals surface area contributed by atoms with Crippen LogP contribution in [0, 0.1) is 0 Å². The van der Waals surface area contributed by atoms with Crippen molar-refractivity contribution in [2.45, 2.75) is 4.90 Å². The van der Waals surface area contributed by atoms with Gasteiger partial charge in [-0.3, -0.25) is 0 Å². The van der Waals surface area contributed by atoms with Crippen LogP contribution in [0.3, 0.4) is 0 Å². The number of rotatable bonds is 4. The zero-order valence-electron chi connectivity index (χ0n) is 11.9. The number of benzene rings is 3. The van der Waals surface area contributed by atoms with E-state index in [1.165, 1.54) is 6.07 Å². The molecular weight excluding hydrogens is 395 g/mol. The monoisotopic (exact) mass is 406 g/mol. The minimum atomic E-state index is -3.83. The fourth-order valence-corrected chi connectivity index (χ4v) is 5.71. The van der Waals surface area contributed by atoms with Crippen molar-refractivity contribution in [3.05, 3.63) is 72.3 Å². The first-order chi connectivity index (χ1) is 11.0.